The van der Waals surface area contributed by atoms with E-state index in [1.807, 2.05) is 18.2 Å². The zero-order valence-corrected chi connectivity index (χ0v) is 8.38. The quantitative estimate of drug-likeness (QED) is 0.632. The maximum absolute atomic E-state index is 10.6. The summed E-state index contributed by atoms with van der Waals surface area (Å²) in [6.07, 6.45) is 7.56. The third-order valence-electron chi connectivity index (χ3n) is 1.72. The first-order valence-electron chi connectivity index (χ1n) is 4.66. The highest BCUT2D eigenvalue weighted by atomic mass is 16.5. The van der Waals surface area contributed by atoms with Crippen LogP contribution in [0.4, 0.5) is 0 Å². The van der Waals surface area contributed by atoms with Crippen LogP contribution < -0.4 is 0 Å². The molecule has 0 unspecified atom stereocenters. The summed E-state index contributed by atoms with van der Waals surface area (Å²) in [4.78, 5) is 10.6. The van der Waals surface area contributed by atoms with Crippen molar-refractivity contribution in [2.45, 2.75) is 19.8 Å². The minimum atomic E-state index is 0.0538. The smallest absolute Gasteiger partial charge is 0.155 e. The van der Waals surface area contributed by atoms with E-state index in [0.29, 0.717) is 6.61 Å². The molecule has 0 bridgehead atoms. The summed E-state index contributed by atoms with van der Waals surface area (Å²) < 4.78 is 5.21. The molecule has 1 aliphatic rings. The first kappa shape index (κ1) is 10.7. The number of Topliss-reactive ketones (excluding diaryl/α,β-unsaturated/α-hetero) is 1. The van der Waals surface area contributed by atoms with Crippen molar-refractivity contribution in [2.75, 3.05) is 13.2 Å². The van der Waals surface area contributed by atoms with Gasteiger partial charge in [-0.25, -0.2) is 0 Å². The molecule has 0 atom stereocenters. The minimum Gasteiger partial charge on any atom is -0.369 e. The number of carbonyl (C=O) groups excluding carboxylic acids is 1. The highest BCUT2D eigenvalue weighted by molar-refractivity contribution is 5.76. The molecule has 1 rings (SSSR count). The lowest BCUT2D eigenvalue weighted by Crippen LogP contribution is -2.06. The maximum Gasteiger partial charge on any atom is 0.155 e. The number of carbonyl (C=O) groups is 1. The van der Waals surface area contributed by atoms with Crippen LogP contribution >= 0.6 is 0 Å². The van der Waals surface area contributed by atoms with Crippen LogP contribution in [-0.4, -0.2) is 19.0 Å². The zero-order chi connectivity index (χ0) is 10.2. The molecule has 0 aromatic rings. The van der Waals surface area contributed by atoms with Gasteiger partial charge in [-0.15, -0.1) is 0 Å². The summed E-state index contributed by atoms with van der Waals surface area (Å²) in [6.45, 7) is 2.21. The third kappa shape index (κ3) is 4.64. The number of hydrogen-bond acceptors (Lipinski definition) is 2. The van der Waals surface area contributed by atoms with Crippen LogP contribution in [0.25, 0.3) is 0 Å². The van der Waals surface area contributed by atoms with Gasteiger partial charge in [0.15, 0.2) is 5.78 Å². The largest absolute Gasteiger partial charge is 0.369 e. The highest BCUT2D eigenvalue weighted by Gasteiger charge is 1.97. The molecule has 74 valence electrons. The number of ketones is 1. The van der Waals surface area contributed by atoms with Gasteiger partial charge in [0, 0.05) is 12.8 Å². The Balaban J connectivity index is 2.36. The van der Waals surface area contributed by atoms with Gasteiger partial charge in [-0.05, 0) is 12.5 Å². The molecule has 0 aromatic carbocycles. The predicted molar refractivity (Wildman–Crippen MR) is 55.7 cm³/mol. The Bertz CT molecular complexity index is 313. The second-order valence-corrected chi connectivity index (χ2v) is 3.18. The fourth-order valence-corrected chi connectivity index (χ4v) is 1.06. The van der Waals surface area contributed by atoms with Crippen molar-refractivity contribution < 1.29 is 9.53 Å². The molecule has 0 amide bonds. The van der Waals surface area contributed by atoms with Crippen LogP contribution in [0.2, 0.25) is 0 Å². The molecular formula is C12H14O2. The van der Waals surface area contributed by atoms with E-state index in [2.05, 4.69) is 11.8 Å². The summed E-state index contributed by atoms with van der Waals surface area (Å²) in [5.41, 5.74) is 1.12. The molecule has 14 heavy (non-hydrogen) atoms. The fraction of sp³-hybridized carbons (Fsp3) is 0.417. The minimum absolute atomic E-state index is 0.0538. The van der Waals surface area contributed by atoms with Crippen LogP contribution in [0.3, 0.4) is 0 Å². The van der Waals surface area contributed by atoms with E-state index in [9.17, 15) is 4.79 Å². The van der Waals surface area contributed by atoms with Gasteiger partial charge >= 0.3 is 0 Å². The van der Waals surface area contributed by atoms with Crippen molar-refractivity contribution in [3.8, 4) is 11.8 Å². The SMILES string of the molecule is CC(=O)COC/C1=C/C=C\CC#CC1. The average molecular weight is 190 g/mol. The lowest BCUT2D eigenvalue weighted by molar-refractivity contribution is -0.121. The van der Waals surface area contributed by atoms with Crippen molar-refractivity contribution in [2.24, 2.45) is 0 Å². The van der Waals surface area contributed by atoms with Gasteiger partial charge in [-0.3, -0.25) is 4.79 Å². The van der Waals surface area contributed by atoms with Crippen LogP contribution in [0, 0.1) is 11.8 Å². The van der Waals surface area contributed by atoms with E-state index >= 15 is 0 Å². The molecule has 2 heteroatoms. The van der Waals surface area contributed by atoms with Gasteiger partial charge in [0.2, 0.25) is 0 Å². The zero-order valence-electron chi connectivity index (χ0n) is 8.38. The van der Waals surface area contributed by atoms with E-state index in [1.54, 1.807) is 0 Å². The molecule has 1 aliphatic carbocycles. The predicted octanol–water partition coefficient (Wildman–Crippen LogP) is 1.87. The molecule has 0 aliphatic heterocycles. The third-order valence-corrected chi connectivity index (χ3v) is 1.72. The first-order valence-corrected chi connectivity index (χ1v) is 4.66. The molecule has 2 nitrogen and oxygen atoms in total. The molecule has 0 heterocycles. The number of hydrogen-bond donors (Lipinski definition) is 0. The Morgan fingerprint density at radius 3 is 3.21 bits per heavy atom. The normalized spacial score (nSPS) is 20.8. The highest BCUT2D eigenvalue weighted by Crippen LogP contribution is 2.04. The van der Waals surface area contributed by atoms with Gasteiger partial charge in [-0.2, -0.15) is 0 Å². The Hall–Kier alpha value is -1.33. The summed E-state index contributed by atoms with van der Waals surface area (Å²) in [5.74, 6) is 6.11. The average Bonchev–Trinajstić information content (AvgIpc) is 2.07. The second-order valence-electron chi connectivity index (χ2n) is 3.18. The molecule has 0 N–H and O–H groups in total. The monoisotopic (exact) mass is 190 g/mol. The lowest BCUT2D eigenvalue weighted by atomic mass is 10.1. The molecule has 0 saturated carbocycles. The van der Waals surface area contributed by atoms with Crippen molar-refractivity contribution in [1.82, 2.24) is 0 Å². The Labute approximate surface area is 84.6 Å². The standard InChI is InChI=1S/C12H14O2/c1-11(13)9-14-10-12-7-5-3-2-4-6-8-12/h3,5,7H,2,8-10H2,1H3/b5-3-,12-7+. The van der Waals surface area contributed by atoms with E-state index in [1.165, 1.54) is 6.92 Å². The Morgan fingerprint density at radius 2 is 2.43 bits per heavy atom. The van der Waals surface area contributed by atoms with Crippen LogP contribution in [0.15, 0.2) is 23.8 Å². The van der Waals surface area contributed by atoms with Gasteiger partial charge in [0.25, 0.3) is 0 Å². The van der Waals surface area contributed by atoms with Gasteiger partial charge < -0.3 is 4.74 Å². The molecule has 0 saturated heterocycles. The number of ether oxygens (including phenoxy) is 1. The van der Waals surface area contributed by atoms with Crippen molar-refractivity contribution >= 4 is 5.78 Å². The second kappa shape index (κ2) is 6.17. The number of allylic oxidation sites excluding steroid dienone is 3. The van der Waals surface area contributed by atoms with Crippen LogP contribution in [-0.2, 0) is 9.53 Å². The molecular weight excluding hydrogens is 176 g/mol. The van der Waals surface area contributed by atoms with Crippen molar-refractivity contribution in [3.63, 3.8) is 0 Å². The molecule has 0 fully saturated rings. The van der Waals surface area contributed by atoms with Crippen molar-refractivity contribution in [1.29, 1.82) is 0 Å². The Morgan fingerprint density at radius 1 is 1.57 bits per heavy atom. The van der Waals surface area contributed by atoms with Crippen molar-refractivity contribution in [3.05, 3.63) is 23.8 Å². The van der Waals surface area contributed by atoms with E-state index in [-0.39, 0.29) is 12.4 Å². The van der Waals surface area contributed by atoms with Gasteiger partial charge in [0.1, 0.15) is 6.61 Å². The summed E-state index contributed by atoms with van der Waals surface area (Å²) in [6, 6.07) is 0. The summed E-state index contributed by atoms with van der Waals surface area (Å²) >= 11 is 0. The lowest BCUT2D eigenvalue weighted by Gasteiger charge is -2.04. The summed E-state index contributed by atoms with van der Waals surface area (Å²) in [7, 11) is 0. The van der Waals surface area contributed by atoms with E-state index < -0.39 is 0 Å². The van der Waals surface area contributed by atoms with Gasteiger partial charge in [0.05, 0.1) is 6.61 Å². The van der Waals surface area contributed by atoms with E-state index in [4.69, 9.17) is 4.74 Å². The first-order chi connectivity index (χ1) is 6.79. The van der Waals surface area contributed by atoms with E-state index in [0.717, 1.165) is 18.4 Å². The fourth-order valence-electron chi connectivity index (χ4n) is 1.06. The molecule has 0 spiro atoms. The molecule has 0 radical (unpaired) electrons. The summed E-state index contributed by atoms with van der Waals surface area (Å²) in [5, 5.41) is 0. The Kier molecular flexibility index (Phi) is 4.74. The van der Waals surface area contributed by atoms with Crippen LogP contribution in [0.1, 0.15) is 19.8 Å². The maximum atomic E-state index is 10.6. The topological polar surface area (TPSA) is 26.3 Å². The molecule has 0 aromatic heterocycles. The van der Waals surface area contributed by atoms with Gasteiger partial charge in [-0.1, -0.05) is 30.1 Å². The van der Waals surface area contributed by atoms with Crippen LogP contribution in [0.5, 0.6) is 0 Å². The number of rotatable bonds is 4.